The molecule has 0 spiro atoms. The highest BCUT2D eigenvalue weighted by Gasteiger charge is 2.16. The van der Waals surface area contributed by atoms with Gasteiger partial charge in [0.2, 0.25) is 0 Å². The zero-order valence-corrected chi connectivity index (χ0v) is 12.4. The van der Waals surface area contributed by atoms with Crippen LogP contribution in [0.4, 0.5) is 8.78 Å². The summed E-state index contributed by atoms with van der Waals surface area (Å²) in [5.41, 5.74) is 6.85. The zero-order valence-electron chi connectivity index (χ0n) is 12.4. The van der Waals surface area contributed by atoms with Gasteiger partial charge in [-0.25, -0.2) is 0 Å². The molecule has 1 atom stereocenters. The normalized spacial score (nSPS) is 13.2. The molecule has 0 aliphatic rings. The monoisotopic (exact) mass is 286 g/mol. The maximum absolute atomic E-state index is 12.1. The van der Waals surface area contributed by atoms with Gasteiger partial charge >= 0.3 is 6.61 Å². The van der Waals surface area contributed by atoms with Crippen LogP contribution in [0.2, 0.25) is 0 Å². The Labute approximate surface area is 119 Å². The Morgan fingerprint density at radius 3 is 2.25 bits per heavy atom. The lowest BCUT2D eigenvalue weighted by Crippen LogP contribution is -2.31. The summed E-state index contributed by atoms with van der Waals surface area (Å²) >= 11 is 0. The lowest BCUT2D eigenvalue weighted by molar-refractivity contribution is -0.0498. The number of hydrogen-bond acceptors (Lipinski definition) is 3. The molecule has 0 saturated carbocycles. The van der Waals surface area contributed by atoms with Gasteiger partial charge in [0.25, 0.3) is 0 Å². The van der Waals surface area contributed by atoms with E-state index in [1.807, 2.05) is 7.05 Å². The van der Waals surface area contributed by atoms with E-state index in [4.69, 9.17) is 5.73 Å². The van der Waals surface area contributed by atoms with Crippen LogP contribution >= 0.6 is 0 Å². The minimum Gasteiger partial charge on any atom is -0.435 e. The summed E-state index contributed by atoms with van der Waals surface area (Å²) in [6, 6.07) is 6.79. The van der Waals surface area contributed by atoms with Crippen LogP contribution < -0.4 is 10.5 Å². The summed E-state index contributed by atoms with van der Waals surface area (Å²) in [5.74, 6) is 0.807. The summed E-state index contributed by atoms with van der Waals surface area (Å²) in [6.45, 7) is 3.02. The van der Waals surface area contributed by atoms with Crippen molar-refractivity contribution < 1.29 is 13.5 Å². The Morgan fingerprint density at radius 1 is 1.20 bits per heavy atom. The number of benzene rings is 1. The summed E-state index contributed by atoms with van der Waals surface area (Å²) in [5, 5.41) is 0. The Balaban J connectivity index is 2.69. The number of halogens is 2. The summed E-state index contributed by atoms with van der Waals surface area (Å²) < 4.78 is 28.5. The van der Waals surface area contributed by atoms with Crippen LogP contribution in [-0.4, -0.2) is 31.6 Å². The molecule has 5 heteroatoms. The van der Waals surface area contributed by atoms with Crippen LogP contribution in [0.3, 0.4) is 0 Å². The second kappa shape index (κ2) is 8.17. The van der Waals surface area contributed by atoms with Crippen molar-refractivity contribution in [2.45, 2.75) is 32.9 Å². The van der Waals surface area contributed by atoms with Crippen molar-refractivity contribution >= 4 is 0 Å². The van der Waals surface area contributed by atoms with E-state index in [9.17, 15) is 8.78 Å². The molecule has 1 unspecified atom stereocenters. The van der Waals surface area contributed by atoms with Crippen molar-refractivity contribution in [2.24, 2.45) is 11.7 Å². The quantitative estimate of drug-likeness (QED) is 0.797. The van der Waals surface area contributed by atoms with Crippen LogP contribution in [-0.2, 0) is 0 Å². The Hall–Kier alpha value is -1.20. The molecule has 0 heterocycles. The number of likely N-dealkylation sites (N-methyl/N-ethyl adjacent to an activating group) is 1. The first-order valence-corrected chi connectivity index (χ1v) is 6.89. The first-order valence-electron chi connectivity index (χ1n) is 6.89. The van der Waals surface area contributed by atoms with Crippen LogP contribution in [0.5, 0.6) is 5.75 Å². The highest BCUT2D eigenvalue weighted by molar-refractivity contribution is 5.29. The fraction of sp³-hybridized carbons (Fsp3) is 0.600. The van der Waals surface area contributed by atoms with Crippen molar-refractivity contribution in [2.75, 3.05) is 20.1 Å². The molecule has 0 aliphatic heterocycles. The minimum absolute atomic E-state index is 0.0920. The van der Waals surface area contributed by atoms with Gasteiger partial charge in [-0.05, 0) is 43.6 Å². The van der Waals surface area contributed by atoms with Gasteiger partial charge in [0.15, 0.2) is 0 Å². The zero-order chi connectivity index (χ0) is 15.1. The average Bonchev–Trinajstić information content (AvgIpc) is 2.38. The van der Waals surface area contributed by atoms with Crippen molar-refractivity contribution in [1.29, 1.82) is 0 Å². The first kappa shape index (κ1) is 16.9. The number of nitrogens with two attached hydrogens (primary N) is 1. The molecule has 114 valence electrons. The summed E-state index contributed by atoms with van der Waals surface area (Å²) in [7, 11) is 2.03. The number of alkyl halides is 2. The molecule has 0 bridgehead atoms. The third-order valence-electron chi connectivity index (χ3n) is 3.30. The molecule has 0 aromatic heterocycles. The molecular weight excluding hydrogens is 262 g/mol. The van der Waals surface area contributed by atoms with Gasteiger partial charge in [-0.3, -0.25) is 4.90 Å². The van der Waals surface area contributed by atoms with Gasteiger partial charge in [-0.15, -0.1) is 0 Å². The lowest BCUT2D eigenvalue weighted by atomic mass is 10.0. The number of ether oxygens (including phenoxy) is 1. The topological polar surface area (TPSA) is 38.5 Å². The fourth-order valence-corrected chi connectivity index (χ4v) is 2.06. The molecule has 1 rings (SSSR count). The van der Waals surface area contributed by atoms with E-state index in [0.717, 1.165) is 18.5 Å². The molecule has 0 aliphatic carbocycles. The van der Waals surface area contributed by atoms with Gasteiger partial charge < -0.3 is 10.5 Å². The molecule has 3 nitrogen and oxygen atoms in total. The lowest BCUT2D eigenvalue weighted by Gasteiger charge is -2.28. The van der Waals surface area contributed by atoms with Gasteiger partial charge in [0, 0.05) is 12.6 Å². The van der Waals surface area contributed by atoms with Crippen molar-refractivity contribution in [1.82, 2.24) is 4.90 Å². The van der Waals surface area contributed by atoms with Crippen molar-refractivity contribution in [3.8, 4) is 5.75 Å². The van der Waals surface area contributed by atoms with Crippen LogP contribution in [0.25, 0.3) is 0 Å². The molecule has 0 amide bonds. The highest BCUT2D eigenvalue weighted by Crippen LogP contribution is 2.22. The summed E-state index contributed by atoms with van der Waals surface area (Å²) in [4.78, 5) is 2.20. The second-order valence-electron chi connectivity index (χ2n) is 5.36. The van der Waals surface area contributed by atoms with E-state index in [2.05, 4.69) is 23.5 Å². The average molecular weight is 286 g/mol. The van der Waals surface area contributed by atoms with Crippen molar-refractivity contribution in [3.63, 3.8) is 0 Å². The van der Waals surface area contributed by atoms with Crippen LogP contribution in [0.1, 0.15) is 31.9 Å². The fourth-order valence-electron chi connectivity index (χ4n) is 2.06. The molecule has 0 radical (unpaired) electrons. The van der Waals surface area contributed by atoms with E-state index in [1.54, 1.807) is 24.3 Å². The van der Waals surface area contributed by atoms with Crippen molar-refractivity contribution in [3.05, 3.63) is 29.8 Å². The molecule has 20 heavy (non-hydrogen) atoms. The molecule has 0 fully saturated rings. The van der Waals surface area contributed by atoms with E-state index in [1.165, 1.54) is 0 Å². The third kappa shape index (κ3) is 5.43. The predicted molar refractivity (Wildman–Crippen MR) is 77.0 cm³/mol. The molecular formula is C15H24F2N2O. The van der Waals surface area contributed by atoms with Gasteiger partial charge in [0.1, 0.15) is 5.75 Å². The number of rotatable bonds is 8. The number of hydrogen-bond donors (Lipinski definition) is 1. The molecule has 1 aromatic carbocycles. The number of nitrogens with zero attached hydrogens (tertiary/aromatic N) is 1. The molecule has 2 N–H and O–H groups in total. The van der Waals surface area contributed by atoms with Gasteiger partial charge in [0.05, 0.1) is 0 Å². The van der Waals surface area contributed by atoms with E-state index >= 15 is 0 Å². The van der Waals surface area contributed by atoms with E-state index < -0.39 is 6.61 Å². The smallest absolute Gasteiger partial charge is 0.387 e. The standard InChI is InChI=1S/C15H24F2N2O/c1-11(2)8-9-19(3)14(10-18)12-4-6-13(7-5-12)20-15(16)17/h4-7,11,14-15H,8-10,18H2,1-3H3. The Kier molecular flexibility index (Phi) is 6.88. The van der Waals surface area contributed by atoms with Crippen LogP contribution in [0, 0.1) is 5.92 Å². The maximum atomic E-state index is 12.1. The van der Waals surface area contributed by atoms with Crippen LogP contribution in [0.15, 0.2) is 24.3 Å². The van der Waals surface area contributed by atoms with E-state index in [0.29, 0.717) is 12.5 Å². The largest absolute Gasteiger partial charge is 0.435 e. The predicted octanol–water partition coefficient (Wildman–Crippen LogP) is 3.27. The Morgan fingerprint density at radius 2 is 1.80 bits per heavy atom. The molecule has 0 saturated heterocycles. The van der Waals surface area contributed by atoms with Gasteiger partial charge in [-0.1, -0.05) is 26.0 Å². The molecule has 1 aromatic rings. The minimum atomic E-state index is -2.79. The third-order valence-corrected chi connectivity index (χ3v) is 3.30. The highest BCUT2D eigenvalue weighted by atomic mass is 19.3. The second-order valence-corrected chi connectivity index (χ2v) is 5.36. The maximum Gasteiger partial charge on any atom is 0.387 e. The SMILES string of the molecule is CC(C)CCN(C)C(CN)c1ccc(OC(F)F)cc1. The Bertz CT molecular complexity index is 382. The van der Waals surface area contributed by atoms with E-state index in [-0.39, 0.29) is 11.8 Å². The first-order chi connectivity index (χ1) is 9.43. The summed E-state index contributed by atoms with van der Waals surface area (Å²) in [6.07, 6.45) is 1.10. The van der Waals surface area contributed by atoms with Gasteiger partial charge in [-0.2, -0.15) is 8.78 Å².